The Morgan fingerprint density at radius 3 is 1.48 bits per heavy atom. The summed E-state index contributed by atoms with van der Waals surface area (Å²) in [7, 11) is 0. The van der Waals surface area contributed by atoms with Crippen molar-refractivity contribution in [3.05, 3.63) is 182 Å². The van der Waals surface area contributed by atoms with Gasteiger partial charge in [0.15, 0.2) is 5.82 Å². The average molecular weight is 691 g/mol. The second-order valence-electron chi connectivity index (χ2n) is 13.7. The summed E-state index contributed by atoms with van der Waals surface area (Å²) in [5.74, 6) is 0.675. The molecule has 3 heterocycles. The lowest BCUT2D eigenvalue weighted by molar-refractivity contribution is 0.668. The van der Waals surface area contributed by atoms with Crippen molar-refractivity contribution in [3.63, 3.8) is 0 Å². The fourth-order valence-electron chi connectivity index (χ4n) is 7.92. The Morgan fingerprint density at radius 1 is 0.315 bits per heavy atom. The van der Waals surface area contributed by atoms with Crippen molar-refractivity contribution in [2.45, 2.75) is 0 Å². The number of rotatable bonds is 5. The van der Waals surface area contributed by atoms with Crippen LogP contribution in [0.1, 0.15) is 0 Å². The van der Waals surface area contributed by atoms with Gasteiger partial charge in [0.2, 0.25) is 0 Å². The second-order valence-corrected chi connectivity index (χ2v) is 13.7. The molecule has 4 nitrogen and oxygen atoms in total. The fraction of sp³-hybridized carbons (Fsp3) is 0. The molecular weight excluding hydrogens is 661 g/mol. The highest BCUT2D eigenvalue weighted by Crippen LogP contribution is 2.43. The van der Waals surface area contributed by atoms with Crippen LogP contribution in [0.5, 0.6) is 0 Å². The molecule has 8 aromatic carbocycles. The molecule has 0 aliphatic heterocycles. The number of para-hydroxylation sites is 2. The van der Waals surface area contributed by atoms with Gasteiger partial charge in [0.25, 0.3) is 0 Å². The summed E-state index contributed by atoms with van der Waals surface area (Å²) in [6.07, 6.45) is 0. The Bertz CT molecular complexity index is 3100. The van der Waals surface area contributed by atoms with Gasteiger partial charge in [-0.05, 0) is 87.6 Å². The number of hydrogen-bond acceptors (Lipinski definition) is 4. The minimum absolute atomic E-state index is 0.675. The van der Waals surface area contributed by atoms with E-state index in [0.29, 0.717) is 5.82 Å². The largest absolute Gasteiger partial charge is 0.456 e. The number of hydrogen-bond donors (Lipinski definition) is 0. The van der Waals surface area contributed by atoms with E-state index >= 15 is 0 Å². The molecule has 252 valence electrons. The van der Waals surface area contributed by atoms with E-state index in [4.69, 9.17) is 18.8 Å². The normalized spacial score (nSPS) is 11.7. The number of fused-ring (bicyclic) bond motifs is 7. The van der Waals surface area contributed by atoms with Crippen molar-refractivity contribution in [1.82, 2.24) is 9.97 Å². The van der Waals surface area contributed by atoms with Gasteiger partial charge in [-0.2, -0.15) is 0 Å². The van der Waals surface area contributed by atoms with E-state index in [-0.39, 0.29) is 0 Å². The maximum Gasteiger partial charge on any atom is 0.160 e. The molecule has 11 rings (SSSR count). The van der Waals surface area contributed by atoms with Gasteiger partial charge >= 0.3 is 0 Å². The molecule has 54 heavy (non-hydrogen) atoms. The highest BCUT2D eigenvalue weighted by molar-refractivity contribution is 6.15. The molecule has 0 aliphatic rings. The molecule has 0 unspecified atom stereocenters. The molecule has 0 aliphatic carbocycles. The van der Waals surface area contributed by atoms with Gasteiger partial charge in [-0.15, -0.1) is 0 Å². The van der Waals surface area contributed by atoms with Crippen LogP contribution >= 0.6 is 0 Å². The van der Waals surface area contributed by atoms with E-state index < -0.39 is 0 Å². The summed E-state index contributed by atoms with van der Waals surface area (Å²) in [6.45, 7) is 0. The smallest absolute Gasteiger partial charge is 0.160 e. The Labute approximate surface area is 310 Å². The molecule has 0 radical (unpaired) electrons. The predicted octanol–water partition coefficient (Wildman–Crippen LogP) is 13.8. The number of benzene rings is 8. The highest BCUT2D eigenvalue weighted by atomic mass is 16.3. The quantitative estimate of drug-likeness (QED) is 0.180. The third-order valence-electron chi connectivity index (χ3n) is 10.5. The molecule has 0 fully saturated rings. The summed E-state index contributed by atoms with van der Waals surface area (Å²) in [4.78, 5) is 10.5. The van der Waals surface area contributed by atoms with Crippen LogP contribution in [0, 0.1) is 0 Å². The first-order chi connectivity index (χ1) is 26.7. The number of aromatic nitrogens is 2. The minimum atomic E-state index is 0.675. The van der Waals surface area contributed by atoms with Crippen LogP contribution in [0.4, 0.5) is 0 Å². The third-order valence-corrected chi connectivity index (χ3v) is 10.5. The first kappa shape index (κ1) is 30.3. The zero-order chi connectivity index (χ0) is 35.6. The van der Waals surface area contributed by atoms with E-state index in [1.165, 1.54) is 10.8 Å². The summed E-state index contributed by atoms with van der Waals surface area (Å²) in [6, 6.07) is 63.3. The van der Waals surface area contributed by atoms with Crippen LogP contribution in [-0.2, 0) is 0 Å². The average Bonchev–Trinajstić information content (AvgIpc) is 3.82. The van der Waals surface area contributed by atoms with Gasteiger partial charge in [0.1, 0.15) is 22.3 Å². The SMILES string of the molecule is c1ccc(-c2nc(-c3cc(-c4cccc5oc6ccccc6c45)cc(-c4cccc5oc6ccccc6c45)c3)cc(-c3ccc4ccccc4c3)n2)cc1. The highest BCUT2D eigenvalue weighted by Gasteiger charge is 2.19. The van der Waals surface area contributed by atoms with Crippen molar-refractivity contribution in [1.29, 1.82) is 0 Å². The minimum Gasteiger partial charge on any atom is -0.456 e. The molecular formula is C50H30N2O2. The van der Waals surface area contributed by atoms with Crippen LogP contribution in [0.3, 0.4) is 0 Å². The summed E-state index contributed by atoms with van der Waals surface area (Å²) in [5.41, 5.74) is 12.5. The lowest BCUT2D eigenvalue weighted by Gasteiger charge is -2.14. The topological polar surface area (TPSA) is 52.1 Å². The standard InChI is InChI=1S/C50H30N2O2/c1-2-13-32(14-3-1)50-51-42(34-25-24-31-12-4-5-15-33(31)26-34)30-43(52-50)37-28-35(38-18-10-22-46-48(38)40-16-6-8-20-44(40)53-46)27-36(29-37)39-19-11-23-47-49(39)41-17-7-9-21-45(41)54-47/h1-30H. The Morgan fingerprint density at radius 2 is 0.833 bits per heavy atom. The fourth-order valence-corrected chi connectivity index (χ4v) is 7.92. The molecule has 0 atom stereocenters. The summed E-state index contributed by atoms with van der Waals surface area (Å²) < 4.78 is 12.7. The third kappa shape index (κ3) is 5.00. The Hall–Kier alpha value is -7.30. The van der Waals surface area contributed by atoms with Crippen molar-refractivity contribution < 1.29 is 8.83 Å². The number of furan rings is 2. The van der Waals surface area contributed by atoms with Crippen molar-refractivity contribution >= 4 is 54.6 Å². The van der Waals surface area contributed by atoms with Gasteiger partial charge in [-0.25, -0.2) is 9.97 Å². The van der Waals surface area contributed by atoms with Crippen molar-refractivity contribution in [2.24, 2.45) is 0 Å². The van der Waals surface area contributed by atoms with Crippen LogP contribution in [0.2, 0.25) is 0 Å². The van der Waals surface area contributed by atoms with Crippen LogP contribution in [-0.4, -0.2) is 9.97 Å². The maximum atomic E-state index is 6.37. The first-order valence-electron chi connectivity index (χ1n) is 18.1. The predicted molar refractivity (Wildman–Crippen MR) is 221 cm³/mol. The Balaban J connectivity index is 1.20. The molecule has 0 N–H and O–H groups in total. The monoisotopic (exact) mass is 690 g/mol. The van der Waals surface area contributed by atoms with E-state index in [1.54, 1.807) is 0 Å². The van der Waals surface area contributed by atoms with E-state index in [2.05, 4.69) is 127 Å². The van der Waals surface area contributed by atoms with Crippen molar-refractivity contribution in [2.75, 3.05) is 0 Å². The van der Waals surface area contributed by atoms with Gasteiger partial charge < -0.3 is 8.83 Å². The van der Waals surface area contributed by atoms with Crippen LogP contribution in [0.15, 0.2) is 191 Å². The van der Waals surface area contributed by atoms with Gasteiger partial charge in [0, 0.05) is 38.2 Å². The van der Waals surface area contributed by atoms with Crippen LogP contribution < -0.4 is 0 Å². The maximum absolute atomic E-state index is 6.37. The first-order valence-corrected chi connectivity index (χ1v) is 18.1. The lowest BCUT2D eigenvalue weighted by Crippen LogP contribution is -1.97. The Kier molecular flexibility index (Phi) is 6.82. The van der Waals surface area contributed by atoms with E-state index in [1.807, 2.05) is 54.6 Å². The van der Waals surface area contributed by atoms with E-state index in [0.717, 1.165) is 94.2 Å². The summed E-state index contributed by atoms with van der Waals surface area (Å²) in [5, 5.41) is 6.72. The lowest BCUT2D eigenvalue weighted by atomic mass is 9.91. The van der Waals surface area contributed by atoms with Gasteiger partial charge in [0.05, 0.1) is 11.4 Å². The molecule has 0 saturated carbocycles. The zero-order valence-corrected chi connectivity index (χ0v) is 29.0. The van der Waals surface area contributed by atoms with E-state index in [9.17, 15) is 0 Å². The molecule has 11 aromatic rings. The van der Waals surface area contributed by atoms with Crippen molar-refractivity contribution in [3.8, 4) is 56.2 Å². The van der Waals surface area contributed by atoms with Gasteiger partial charge in [-0.1, -0.05) is 127 Å². The molecule has 0 bridgehead atoms. The number of nitrogens with zero attached hydrogens (tertiary/aromatic N) is 2. The zero-order valence-electron chi connectivity index (χ0n) is 29.0. The van der Waals surface area contributed by atoms with Gasteiger partial charge in [-0.3, -0.25) is 0 Å². The second kappa shape index (κ2) is 12.1. The molecule has 4 heteroatoms. The molecule has 0 spiro atoms. The molecule has 3 aromatic heterocycles. The molecule has 0 saturated heterocycles. The van der Waals surface area contributed by atoms with Crippen LogP contribution in [0.25, 0.3) is 111 Å². The molecule has 0 amide bonds. The summed E-state index contributed by atoms with van der Waals surface area (Å²) >= 11 is 0.